The molecule has 94 valence electrons. The fourth-order valence-corrected chi connectivity index (χ4v) is 1.98. The van der Waals surface area contributed by atoms with Crippen LogP contribution in [0.2, 0.25) is 0 Å². The number of fused-ring (bicyclic) bond motifs is 1. The van der Waals surface area contributed by atoms with Gasteiger partial charge in [-0.2, -0.15) is 5.10 Å². The minimum absolute atomic E-state index is 0.263. The van der Waals surface area contributed by atoms with Crippen molar-refractivity contribution in [2.24, 2.45) is 0 Å². The second-order valence-electron chi connectivity index (χ2n) is 4.19. The smallest absolute Gasteiger partial charge is 0.273 e. The molecule has 19 heavy (non-hydrogen) atoms. The first-order valence-corrected chi connectivity index (χ1v) is 5.84. The molecule has 2 aromatic carbocycles. The van der Waals surface area contributed by atoms with Gasteiger partial charge in [-0.15, -0.1) is 0 Å². The Kier molecular flexibility index (Phi) is 2.64. The molecule has 0 aliphatic rings. The van der Waals surface area contributed by atoms with Gasteiger partial charge in [-0.1, -0.05) is 36.4 Å². The Labute approximate surface area is 109 Å². The summed E-state index contributed by atoms with van der Waals surface area (Å²) < 4.78 is 0. The summed E-state index contributed by atoms with van der Waals surface area (Å²) in [6.07, 6.45) is 0. The van der Waals surface area contributed by atoms with Crippen molar-refractivity contribution >= 4 is 28.2 Å². The van der Waals surface area contributed by atoms with Gasteiger partial charge in [-0.25, -0.2) is 0 Å². The van der Waals surface area contributed by atoms with Crippen LogP contribution in [0.5, 0.6) is 0 Å². The second kappa shape index (κ2) is 4.45. The number of nitrogens with one attached hydrogen (secondary N) is 2. The number of hydrogen-bond acceptors (Lipinski definition) is 3. The Balaban J connectivity index is 1.95. The summed E-state index contributed by atoms with van der Waals surface area (Å²) in [5.41, 5.74) is 6.58. The molecule has 0 aliphatic carbocycles. The van der Waals surface area contributed by atoms with Crippen LogP contribution in [0.3, 0.4) is 0 Å². The van der Waals surface area contributed by atoms with E-state index in [-0.39, 0.29) is 5.91 Å². The number of carbonyl (C=O) groups is 1. The molecule has 5 nitrogen and oxygen atoms in total. The minimum Gasteiger partial charge on any atom is -0.382 e. The lowest BCUT2D eigenvalue weighted by Crippen LogP contribution is -2.12. The van der Waals surface area contributed by atoms with Gasteiger partial charge in [-0.3, -0.25) is 9.89 Å². The first kappa shape index (κ1) is 11.3. The molecule has 0 fully saturated rings. The number of nitrogen functional groups attached to an aromatic ring is 1. The standard InChI is InChI=1S/C14H12N4O/c15-13-8-12(17-18-13)14(19)16-11-7-3-5-9-4-1-2-6-10(9)11/h1-8H,(H,16,19)(H3,15,17,18). The highest BCUT2D eigenvalue weighted by atomic mass is 16.1. The molecule has 3 aromatic rings. The van der Waals surface area contributed by atoms with E-state index in [2.05, 4.69) is 15.5 Å². The third-order valence-corrected chi connectivity index (χ3v) is 2.88. The number of amides is 1. The third-order valence-electron chi connectivity index (χ3n) is 2.88. The quantitative estimate of drug-likeness (QED) is 0.654. The normalized spacial score (nSPS) is 10.5. The first-order valence-electron chi connectivity index (χ1n) is 5.84. The maximum Gasteiger partial charge on any atom is 0.273 e. The van der Waals surface area contributed by atoms with E-state index in [1.54, 1.807) is 0 Å². The van der Waals surface area contributed by atoms with E-state index in [0.29, 0.717) is 11.5 Å². The Hall–Kier alpha value is -2.82. The summed E-state index contributed by atoms with van der Waals surface area (Å²) in [7, 11) is 0. The van der Waals surface area contributed by atoms with E-state index < -0.39 is 0 Å². The molecule has 0 aliphatic heterocycles. The highest BCUT2D eigenvalue weighted by Gasteiger charge is 2.10. The lowest BCUT2D eigenvalue weighted by molar-refractivity contribution is 0.102. The molecule has 0 saturated carbocycles. The van der Waals surface area contributed by atoms with Crippen molar-refractivity contribution < 1.29 is 4.79 Å². The Bertz CT molecular complexity index is 743. The monoisotopic (exact) mass is 252 g/mol. The zero-order valence-corrected chi connectivity index (χ0v) is 10.1. The van der Waals surface area contributed by atoms with Gasteiger partial charge in [-0.05, 0) is 11.5 Å². The Morgan fingerprint density at radius 2 is 1.95 bits per heavy atom. The molecule has 0 bridgehead atoms. The van der Waals surface area contributed by atoms with Crippen molar-refractivity contribution in [3.63, 3.8) is 0 Å². The minimum atomic E-state index is -0.263. The second-order valence-corrected chi connectivity index (χ2v) is 4.19. The molecule has 4 N–H and O–H groups in total. The van der Waals surface area contributed by atoms with E-state index in [4.69, 9.17) is 5.73 Å². The van der Waals surface area contributed by atoms with E-state index in [1.165, 1.54) is 6.07 Å². The topological polar surface area (TPSA) is 83.8 Å². The van der Waals surface area contributed by atoms with Crippen LogP contribution in [0, 0.1) is 0 Å². The van der Waals surface area contributed by atoms with Gasteiger partial charge in [0, 0.05) is 17.1 Å². The fourth-order valence-electron chi connectivity index (χ4n) is 1.98. The number of rotatable bonds is 2. The maximum atomic E-state index is 12.0. The molecule has 1 heterocycles. The number of benzene rings is 2. The van der Waals surface area contributed by atoms with Gasteiger partial charge in [0.05, 0.1) is 0 Å². The van der Waals surface area contributed by atoms with Crippen molar-refractivity contribution in [1.29, 1.82) is 0 Å². The van der Waals surface area contributed by atoms with Crippen molar-refractivity contribution in [3.8, 4) is 0 Å². The molecule has 5 heteroatoms. The lowest BCUT2D eigenvalue weighted by atomic mass is 10.1. The van der Waals surface area contributed by atoms with Crippen molar-refractivity contribution in [3.05, 3.63) is 54.2 Å². The predicted molar refractivity (Wildman–Crippen MR) is 74.9 cm³/mol. The van der Waals surface area contributed by atoms with Crippen LogP contribution >= 0.6 is 0 Å². The summed E-state index contributed by atoms with van der Waals surface area (Å²) >= 11 is 0. The van der Waals surface area contributed by atoms with Crippen molar-refractivity contribution in [2.75, 3.05) is 11.1 Å². The molecule has 1 aromatic heterocycles. The maximum absolute atomic E-state index is 12.0. The van der Waals surface area contributed by atoms with Crippen LogP contribution in [0.4, 0.5) is 11.5 Å². The average molecular weight is 252 g/mol. The van der Waals surface area contributed by atoms with Gasteiger partial charge >= 0.3 is 0 Å². The highest BCUT2D eigenvalue weighted by Crippen LogP contribution is 2.23. The van der Waals surface area contributed by atoms with Crippen LogP contribution < -0.4 is 11.1 Å². The number of aromatic amines is 1. The van der Waals surface area contributed by atoms with Crippen LogP contribution in [0.1, 0.15) is 10.5 Å². The Morgan fingerprint density at radius 1 is 1.16 bits per heavy atom. The van der Waals surface area contributed by atoms with Crippen LogP contribution in [0.25, 0.3) is 10.8 Å². The van der Waals surface area contributed by atoms with Crippen LogP contribution in [-0.2, 0) is 0 Å². The molecule has 0 saturated heterocycles. The zero-order valence-electron chi connectivity index (χ0n) is 10.1. The number of aromatic nitrogens is 2. The molecule has 0 unspecified atom stereocenters. The fraction of sp³-hybridized carbons (Fsp3) is 0. The summed E-state index contributed by atoms with van der Waals surface area (Å²) in [6, 6.07) is 15.1. The molecule has 0 spiro atoms. The summed E-state index contributed by atoms with van der Waals surface area (Å²) in [6.45, 7) is 0. The van der Waals surface area contributed by atoms with E-state index in [0.717, 1.165) is 16.5 Å². The largest absolute Gasteiger partial charge is 0.382 e. The number of hydrogen-bond donors (Lipinski definition) is 3. The van der Waals surface area contributed by atoms with Crippen LogP contribution in [-0.4, -0.2) is 16.1 Å². The number of nitrogens with zero attached hydrogens (tertiary/aromatic N) is 1. The third kappa shape index (κ3) is 2.13. The molecule has 1 amide bonds. The molecule has 3 rings (SSSR count). The number of carbonyl (C=O) groups excluding carboxylic acids is 1. The zero-order chi connectivity index (χ0) is 13.2. The van der Waals surface area contributed by atoms with Gasteiger partial charge in [0.1, 0.15) is 11.5 Å². The Morgan fingerprint density at radius 3 is 2.74 bits per heavy atom. The lowest BCUT2D eigenvalue weighted by Gasteiger charge is -2.07. The van der Waals surface area contributed by atoms with E-state index in [9.17, 15) is 4.79 Å². The molecule has 0 atom stereocenters. The predicted octanol–water partition coefficient (Wildman–Crippen LogP) is 2.40. The SMILES string of the molecule is Nc1cc(C(=O)Nc2cccc3ccccc23)[nH]n1. The summed E-state index contributed by atoms with van der Waals surface area (Å²) in [5.74, 6) is 0.0311. The number of H-pyrrole nitrogens is 1. The van der Waals surface area contributed by atoms with Crippen molar-refractivity contribution in [2.45, 2.75) is 0 Å². The number of nitrogens with two attached hydrogens (primary N) is 1. The number of anilines is 2. The average Bonchev–Trinajstić information content (AvgIpc) is 2.86. The van der Waals surface area contributed by atoms with Gasteiger partial charge in [0.2, 0.25) is 0 Å². The summed E-state index contributed by atoms with van der Waals surface area (Å²) in [5, 5.41) is 11.2. The van der Waals surface area contributed by atoms with Gasteiger partial charge < -0.3 is 11.1 Å². The van der Waals surface area contributed by atoms with Crippen LogP contribution in [0.15, 0.2) is 48.5 Å². The van der Waals surface area contributed by atoms with Gasteiger partial charge in [0.25, 0.3) is 5.91 Å². The molecule has 0 radical (unpaired) electrons. The highest BCUT2D eigenvalue weighted by molar-refractivity contribution is 6.08. The summed E-state index contributed by atoms with van der Waals surface area (Å²) in [4.78, 5) is 12.0. The molecular formula is C14H12N4O. The molecular weight excluding hydrogens is 240 g/mol. The van der Waals surface area contributed by atoms with E-state index in [1.807, 2.05) is 42.5 Å². The first-order chi connectivity index (χ1) is 9.24. The van der Waals surface area contributed by atoms with E-state index >= 15 is 0 Å². The van der Waals surface area contributed by atoms with Crippen molar-refractivity contribution in [1.82, 2.24) is 10.2 Å². The van der Waals surface area contributed by atoms with Gasteiger partial charge in [0.15, 0.2) is 0 Å².